The van der Waals surface area contributed by atoms with Crippen molar-refractivity contribution in [2.75, 3.05) is 6.61 Å². The van der Waals surface area contributed by atoms with Gasteiger partial charge >= 0.3 is 0 Å². The lowest BCUT2D eigenvalue weighted by Crippen LogP contribution is -2.60. The van der Waals surface area contributed by atoms with E-state index in [1.807, 2.05) is 27.7 Å². The smallest absolute Gasteiger partial charge is 0.184 e. The van der Waals surface area contributed by atoms with E-state index in [0.29, 0.717) is 6.61 Å². The van der Waals surface area contributed by atoms with Crippen molar-refractivity contribution in [3.05, 3.63) is 0 Å². The van der Waals surface area contributed by atoms with Crippen molar-refractivity contribution in [1.29, 1.82) is 0 Å². The van der Waals surface area contributed by atoms with Crippen LogP contribution < -0.4 is 0 Å². The molecular weight excluding hydrogens is 484 g/mol. The standard InChI is InChI=1S/C30H56N2O6/c1-27(2)16-23(17-28(3,4)31(27)34)36-21-22(20-33)14-12-10-9-11-13-15-25-26(38-25)37-24-18-29(5,6)32(35)30(7,8)19-24/h20,22-26,34-35H,9-19,21H2,1-8H3. The Morgan fingerprint density at radius 3 is 1.79 bits per heavy atom. The van der Waals surface area contributed by atoms with Gasteiger partial charge in [0.25, 0.3) is 0 Å². The van der Waals surface area contributed by atoms with Crippen LogP contribution in [0.5, 0.6) is 0 Å². The van der Waals surface area contributed by atoms with E-state index in [-0.39, 0.29) is 52.7 Å². The fraction of sp³-hybridized carbons (Fsp3) is 0.967. The maximum absolute atomic E-state index is 11.6. The molecule has 3 aliphatic rings. The Bertz CT molecular complexity index is 734. The van der Waals surface area contributed by atoms with E-state index in [0.717, 1.165) is 64.1 Å². The van der Waals surface area contributed by atoms with Crippen LogP contribution in [0.4, 0.5) is 0 Å². The van der Waals surface area contributed by atoms with Gasteiger partial charge in [0, 0.05) is 28.1 Å². The first kappa shape index (κ1) is 31.9. The topological polar surface area (TPSA) is 95.0 Å². The molecule has 0 aromatic heterocycles. The summed E-state index contributed by atoms with van der Waals surface area (Å²) in [5.74, 6) is -0.0567. The molecule has 3 heterocycles. The van der Waals surface area contributed by atoms with Gasteiger partial charge in [0.05, 0.1) is 18.8 Å². The maximum atomic E-state index is 11.6. The first-order chi connectivity index (χ1) is 17.6. The third-order valence-corrected chi connectivity index (χ3v) is 8.87. The average Bonchev–Trinajstić information content (AvgIpc) is 3.53. The number of unbranched alkanes of at least 4 members (excludes halogenated alkanes) is 4. The number of nitrogens with zero attached hydrogens (tertiary/aromatic N) is 2. The molecule has 0 bridgehead atoms. The van der Waals surface area contributed by atoms with Gasteiger partial charge in [-0.3, -0.25) is 0 Å². The molecule has 8 heteroatoms. The van der Waals surface area contributed by atoms with Crippen LogP contribution in [0.15, 0.2) is 0 Å². The minimum atomic E-state index is -0.341. The summed E-state index contributed by atoms with van der Waals surface area (Å²) < 4.78 is 18.2. The fourth-order valence-corrected chi connectivity index (χ4v) is 6.94. The van der Waals surface area contributed by atoms with Crippen LogP contribution in [0.1, 0.15) is 126 Å². The van der Waals surface area contributed by atoms with Crippen LogP contribution in [0, 0.1) is 5.92 Å². The molecule has 8 nitrogen and oxygen atoms in total. The molecule has 0 aromatic carbocycles. The van der Waals surface area contributed by atoms with Crippen LogP contribution in [-0.4, -0.2) is 80.2 Å². The molecule has 3 fully saturated rings. The Hall–Kier alpha value is -0.610. The lowest BCUT2D eigenvalue weighted by Gasteiger charge is -2.51. The highest BCUT2D eigenvalue weighted by Crippen LogP contribution is 2.41. The van der Waals surface area contributed by atoms with Crippen LogP contribution >= 0.6 is 0 Å². The number of epoxide rings is 1. The Kier molecular flexibility index (Phi) is 10.5. The molecule has 0 spiro atoms. The largest absolute Gasteiger partial charge is 0.377 e. The molecule has 3 atom stereocenters. The van der Waals surface area contributed by atoms with E-state index in [1.165, 1.54) is 23.0 Å². The molecule has 3 aliphatic heterocycles. The number of hydrogen-bond donors (Lipinski definition) is 2. The minimum absolute atomic E-state index is 0.0567. The quantitative estimate of drug-likeness (QED) is 0.155. The zero-order valence-corrected chi connectivity index (χ0v) is 25.4. The number of ether oxygens (including phenoxy) is 3. The summed E-state index contributed by atoms with van der Waals surface area (Å²) >= 11 is 0. The summed E-state index contributed by atoms with van der Waals surface area (Å²) in [6.07, 6.45) is 12.0. The summed E-state index contributed by atoms with van der Waals surface area (Å²) in [5.41, 5.74) is -1.30. The molecule has 38 heavy (non-hydrogen) atoms. The molecule has 3 rings (SSSR count). The van der Waals surface area contributed by atoms with Gasteiger partial charge in [0.1, 0.15) is 12.4 Å². The van der Waals surface area contributed by atoms with Crippen LogP contribution in [0.25, 0.3) is 0 Å². The van der Waals surface area contributed by atoms with Gasteiger partial charge in [-0.15, -0.1) is 0 Å². The zero-order valence-electron chi connectivity index (χ0n) is 25.4. The van der Waals surface area contributed by atoms with Gasteiger partial charge in [-0.2, -0.15) is 10.1 Å². The van der Waals surface area contributed by atoms with Gasteiger partial charge in [-0.05, 0) is 93.9 Å². The number of carbonyl (C=O) groups is 1. The van der Waals surface area contributed by atoms with E-state index in [1.54, 1.807) is 0 Å². The van der Waals surface area contributed by atoms with Gasteiger partial charge < -0.3 is 29.4 Å². The summed E-state index contributed by atoms with van der Waals surface area (Å²) in [5, 5.41) is 23.9. The predicted octanol–water partition coefficient (Wildman–Crippen LogP) is 6.11. The highest BCUT2D eigenvalue weighted by Gasteiger charge is 2.49. The van der Waals surface area contributed by atoms with Crippen LogP contribution in [0.2, 0.25) is 0 Å². The molecule has 0 saturated carbocycles. The second kappa shape index (κ2) is 12.5. The van der Waals surface area contributed by atoms with Gasteiger partial charge in [-0.25, -0.2) is 0 Å². The normalized spacial score (nSPS) is 30.3. The summed E-state index contributed by atoms with van der Waals surface area (Å²) in [6.45, 7) is 16.8. The summed E-state index contributed by atoms with van der Waals surface area (Å²) in [7, 11) is 0. The monoisotopic (exact) mass is 540 g/mol. The first-order valence-corrected chi connectivity index (χ1v) is 14.9. The van der Waals surface area contributed by atoms with Crippen LogP contribution in [0.3, 0.4) is 0 Å². The van der Waals surface area contributed by atoms with Crippen molar-refractivity contribution in [3.63, 3.8) is 0 Å². The molecule has 2 N–H and O–H groups in total. The highest BCUT2D eigenvalue weighted by molar-refractivity contribution is 5.53. The summed E-state index contributed by atoms with van der Waals surface area (Å²) in [6, 6.07) is 0. The number of hydrogen-bond acceptors (Lipinski definition) is 8. The Balaban J connectivity index is 1.23. The Morgan fingerprint density at radius 2 is 1.26 bits per heavy atom. The highest BCUT2D eigenvalue weighted by atomic mass is 16.8. The fourth-order valence-electron chi connectivity index (χ4n) is 6.94. The van der Waals surface area contributed by atoms with Crippen molar-refractivity contribution in [3.8, 4) is 0 Å². The van der Waals surface area contributed by atoms with E-state index < -0.39 is 0 Å². The average molecular weight is 541 g/mol. The number of rotatable bonds is 14. The lowest BCUT2D eigenvalue weighted by atomic mass is 9.80. The minimum Gasteiger partial charge on any atom is -0.377 e. The summed E-state index contributed by atoms with van der Waals surface area (Å²) in [4.78, 5) is 11.6. The molecule has 0 aromatic rings. The molecule has 222 valence electrons. The van der Waals surface area contributed by atoms with Crippen molar-refractivity contribution >= 4 is 6.29 Å². The predicted molar refractivity (Wildman–Crippen MR) is 147 cm³/mol. The van der Waals surface area contributed by atoms with Crippen molar-refractivity contribution in [2.45, 2.75) is 173 Å². The molecule has 3 saturated heterocycles. The number of piperidine rings is 2. The number of aldehydes is 1. The van der Waals surface area contributed by atoms with Crippen molar-refractivity contribution in [2.24, 2.45) is 5.92 Å². The Labute approximate surface area is 231 Å². The first-order valence-electron chi connectivity index (χ1n) is 14.9. The molecule has 0 radical (unpaired) electrons. The third kappa shape index (κ3) is 8.45. The maximum Gasteiger partial charge on any atom is 0.184 e. The molecule has 0 amide bonds. The number of hydroxylamine groups is 4. The number of carbonyl (C=O) groups excluding carboxylic acids is 1. The van der Waals surface area contributed by atoms with Gasteiger partial charge in [0.2, 0.25) is 0 Å². The van der Waals surface area contributed by atoms with Gasteiger partial charge in [-0.1, -0.05) is 32.1 Å². The molecular formula is C30H56N2O6. The van der Waals surface area contributed by atoms with E-state index >= 15 is 0 Å². The SMILES string of the molecule is CC1(C)CC(OCC(C=O)CCCCCCCC2OC2OC2CC(C)(C)N(O)C(C)(C)C2)CC(C)(C)N1O. The second-order valence-electron chi connectivity index (χ2n) is 14.7. The van der Waals surface area contributed by atoms with E-state index in [4.69, 9.17) is 14.2 Å². The Morgan fingerprint density at radius 1 is 0.789 bits per heavy atom. The lowest BCUT2D eigenvalue weighted by molar-refractivity contribution is -0.264. The van der Waals surface area contributed by atoms with E-state index in [9.17, 15) is 15.2 Å². The van der Waals surface area contributed by atoms with E-state index in [2.05, 4.69) is 27.7 Å². The van der Waals surface area contributed by atoms with Crippen molar-refractivity contribution < 1.29 is 29.4 Å². The van der Waals surface area contributed by atoms with Crippen molar-refractivity contribution in [1.82, 2.24) is 10.1 Å². The molecule has 0 aliphatic carbocycles. The van der Waals surface area contributed by atoms with Crippen LogP contribution in [-0.2, 0) is 19.0 Å². The second-order valence-corrected chi connectivity index (χ2v) is 14.7. The zero-order chi connectivity index (χ0) is 28.4. The third-order valence-electron chi connectivity index (χ3n) is 8.87. The van der Waals surface area contributed by atoms with Gasteiger partial charge in [0.15, 0.2) is 6.29 Å². The molecule has 3 unspecified atom stereocenters.